The normalized spacial score (nSPS) is 22.2. The second-order valence-electron chi connectivity index (χ2n) is 7.95. The Balaban J connectivity index is 1.60. The predicted molar refractivity (Wildman–Crippen MR) is 116 cm³/mol. The van der Waals surface area contributed by atoms with E-state index in [0.29, 0.717) is 17.0 Å². The first-order chi connectivity index (χ1) is 15.3. The molecule has 5 amide bonds. The van der Waals surface area contributed by atoms with Gasteiger partial charge >= 0.3 is 6.03 Å². The molecule has 2 aromatic carbocycles. The monoisotopic (exact) mass is 436 g/mol. The van der Waals surface area contributed by atoms with Crippen LogP contribution in [0, 0.1) is 6.92 Å². The molecule has 4 rings (SSSR count). The summed E-state index contributed by atoms with van der Waals surface area (Å²) in [6, 6.07) is 13.5. The lowest BCUT2D eigenvalue weighted by Gasteiger charge is -2.34. The van der Waals surface area contributed by atoms with Crippen LogP contribution in [0.15, 0.2) is 48.5 Å². The standard InChI is InChI=1S/C23H24N4O5/c1-14-8-4-5-9-15(14)23(2)21(30)27(22(31)25-23)13-19(28)26-12-18(20(29)24-3)32-17-11-7-6-10-16(17)26/h4-11,18H,12-13H2,1-3H3,(H,24,29)(H,25,31). The van der Waals surface area contributed by atoms with Gasteiger partial charge in [0.1, 0.15) is 17.8 Å². The number of para-hydroxylation sites is 2. The summed E-state index contributed by atoms with van der Waals surface area (Å²) >= 11 is 0. The van der Waals surface area contributed by atoms with E-state index in [-0.39, 0.29) is 12.5 Å². The number of likely N-dealkylation sites (N-methyl/N-ethyl adjacent to an activating group) is 1. The van der Waals surface area contributed by atoms with Gasteiger partial charge in [-0.3, -0.25) is 19.3 Å². The van der Waals surface area contributed by atoms with E-state index in [1.54, 1.807) is 43.3 Å². The third-order valence-corrected chi connectivity index (χ3v) is 5.87. The van der Waals surface area contributed by atoms with Gasteiger partial charge in [-0.1, -0.05) is 36.4 Å². The van der Waals surface area contributed by atoms with Crippen molar-refractivity contribution >= 4 is 29.4 Å². The lowest BCUT2D eigenvalue weighted by atomic mass is 9.88. The Labute approximate surface area is 185 Å². The second-order valence-corrected chi connectivity index (χ2v) is 7.95. The van der Waals surface area contributed by atoms with Crippen molar-refractivity contribution in [3.8, 4) is 5.75 Å². The lowest BCUT2D eigenvalue weighted by Crippen LogP contribution is -2.52. The number of hydrogen-bond acceptors (Lipinski definition) is 5. The molecular weight excluding hydrogens is 412 g/mol. The van der Waals surface area contributed by atoms with E-state index < -0.39 is 36.0 Å². The molecule has 9 nitrogen and oxygen atoms in total. The Hall–Kier alpha value is -3.88. The number of urea groups is 1. The number of benzene rings is 2. The molecule has 2 N–H and O–H groups in total. The van der Waals surface area contributed by atoms with Gasteiger partial charge in [-0.15, -0.1) is 0 Å². The quantitative estimate of drug-likeness (QED) is 0.703. The van der Waals surface area contributed by atoms with Crippen LogP contribution >= 0.6 is 0 Å². The first-order valence-electron chi connectivity index (χ1n) is 10.2. The summed E-state index contributed by atoms with van der Waals surface area (Å²) in [5.41, 5.74) is 0.736. The number of nitrogens with zero attached hydrogens (tertiary/aromatic N) is 2. The Morgan fingerprint density at radius 2 is 1.84 bits per heavy atom. The third-order valence-electron chi connectivity index (χ3n) is 5.87. The molecule has 32 heavy (non-hydrogen) atoms. The highest BCUT2D eigenvalue weighted by Crippen LogP contribution is 2.34. The third kappa shape index (κ3) is 3.45. The van der Waals surface area contributed by atoms with E-state index in [0.717, 1.165) is 10.5 Å². The molecule has 2 aliphatic heterocycles. The molecule has 0 radical (unpaired) electrons. The SMILES string of the molecule is CNC(=O)C1CN(C(=O)CN2C(=O)NC(C)(c3ccccc3C)C2=O)c2ccccc2O1. The maximum atomic E-state index is 13.3. The highest BCUT2D eigenvalue weighted by Gasteiger charge is 2.50. The molecule has 0 aliphatic carbocycles. The lowest BCUT2D eigenvalue weighted by molar-refractivity contribution is -0.134. The fraction of sp³-hybridized carbons (Fsp3) is 0.304. The molecule has 1 saturated heterocycles. The first-order valence-corrected chi connectivity index (χ1v) is 10.2. The van der Waals surface area contributed by atoms with Gasteiger partial charge in [0.2, 0.25) is 5.91 Å². The molecule has 9 heteroatoms. The Morgan fingerprint density at radius 3 is 2.56 bits per heavy atom. The number of ether oxygens (including phenoxy) is 1. The zero-order valence-corrected chi connectivity index (χ0v) is 18.0. The van der Waals surface area contributed by atoms with Gasteiger partial charge < -0.3 is 20.3 Å². The summed E-state index contributed by atoms with van der Waals surface area (Å²) in [7, 11) is 1.48. The molecule has 0 bridgehead atoms. The van der Waals surface area contributed by atoms with Crippen molar-refractivity contribution in [1.29, 1.82) is 0 Å². The van der Waals surface area contributed by atoms with Gasteiger partial charge in [0, 0.05) is 7.05 Å². The average Bonchev–Trinajstić information content (AvgIpc) is 3.01. The molecule has 1 fully saturated rings. The van der Waals surface area contributed by atoms with E-state index >= 15 is 0 Å². The van der Waals surface area contributed by atoms with Gasteiger partial charge in [0.05, 0.1) is 12.2 Å². The van der Waals surface area contributed by atoms with Crippen molar-refractivity contribution < 1.29 is 23.9 Å². The minimum atomic E-state index is -1.27. The maximum Gasteiger partial charge on any atom is 0.325 e. The van der Waals surface area contributed by atoms with Gasteiger partial charge in [-0.2, -0.15) is 0 Å². The summed E-state index contributed by atoms with van der Waals surface area (Å²) in [5.74, 6) is -0.996. The number of amides is 5. The number of hydrogen-bond donors (Lipinski definition) is 2. The Kier molecular flexibility index (Phi) is 5.33. The van der Waals surface area contributed by atoms with Crippen molar-refractivity contribution in [3.63, 3.8) is 0 Å². The minimum Gasteiger partial charge on any atom is -0.477 e. The summed E-state index contributed by atoms with van der Waals surface area (Å²) in [6.45, 7) is 3.00. The number of aryl methyl sites for hydroxylation is 1. The van der Waals surface area contributed by atoms with Crippen molar-refractivity contribution in [2.24, 2.45) is 0 Å². The van der Waals surface area contributed by atoms with E-state index in [9.17, 15) is 19.2 Å². The Bertz CT molecular complexity index is 1120. The van der Waals surface area contributed by atoms with Crippen LogP contribution in [-0.2, 0) is 19.9 Å². The summed E-state index contributed by atoms with van der Waals surface area (Å²) in [4.78, 5) is 53.7. The fourth-order valence-electron chi connectivity index (χ4n) is 4.15. The highest BCUT2D eigenvalue weighted by molar-refractivity contribution is 6.11. The van der Waals surface area contributed by atoms with Crippen LogP contribution in [0.5, 0.6) is 5.75 Å². The van der Waals surface area contributed by atoms with E-state index in [4.69, 9.17) is 4.74 Å². The molecule has 2 heterocycles. The van der Waals surface area contributed by atoms with Crippen LogP contribution in [0.4, 0.5) is 10.5 Å². The van der Waals surface area contributed by atoms with Crippen LogP contribution in [0.25, 0.3) is 0 Å². The van der Waals surface area contributed by atoms with Crippen LogP contribution in [0.2, 0.25) is 0 Å². The molecule has 0 aromatic heterocycles. The number of rotatable bonds is 4. The number of carbonyl (C=O) groups is 4. The van der Waals surface area contributed by atoms with E-state index in [1.165, 1.54) is 11.9 Å². The topological polar surface area (TPSA) is 108 Å². The first kappa shape index (κ1) is 21.4. The number of imide groups is 1. The van der Waals surface area contributed by atoms with Crippen molar-refractivity contribution in [1.82, 2.24) is 15.5 Å². The maximum absolute atomic E-state index is 13.3. The molecule has 2 aliphatic rings. The number of anilines is 1. The van der Waals surface area contributed by atoms with Gasteiger partial charge in [0.15, 0.2) is 6.10 Å². The highest BCUT2D eigenvalue weighted by atomic mass is 16.5. The zero-order chi connectivity index (χ0) is 23.0. The Morgan fingerprint density at radius 1 is 1.16 bits per heavy atom. The molecule has 166 valence electrons. The molecule has 0 saturated carbocycles. The van der Waals surface area contributed by atoms with Gasteiger partial charge in [0.25, 0.3) is 11.8 Å². The van der Waals surface area contributed by atoms with Crippen molar-refractivity contribution in [3.05, 3.63) is 59.7 Å². The summed E-state index contributed by atoms with van der Waals surface area (Å²) < 4.78 is 5.72. The molecule has 2 aromatic rings. The molecular formula is C23H24N4O5. The molecule has 2 unspecified atom stereocenters. The number of carbonyl (C=O) groups excluding carboxylic acids is 4. The predicted octanol–water partition coefficient (Wildman–Crippen LogP) is 1.30. The van der Waals surface area contributed by atoms with Gasteiger partial charge in [-0.05, 0) is 37.1 Å². The number of nitrogens with one attached hydrogen (secondary N) is 2. The average molecular weight is 436 g/mol. The summed E-state index contributed by atoms with van der Waals surface area (Å²) in [5, 5.41) is 5.24. The molecule has 2 atom stereocenters. The van der Waals surface area contributed by atoms with Crippen LogP contribution in [-0.4, -0.2) is 54.9 Å². The van der Waals surface area contributed by atoms with E-state index in [1.807, 2.05) is 19.1 Å². The van der Waals surface area contributed by atoms with Gasteiger partial charge in [-0.25, -0.2) is 4.79 Å². The van der Waals surface area contributed by atoms with Crippen LogP contribution in [0.1, 0.15) is 18.1 Å². The smallest absolute Gasteiger partial charge is 0.325 e. The summed E-state index contributed by atoms with van der Waals surface area (Å²) in [6.07, 6.45) is -0.904. The van der Waals surface area contributed by atoms with Crippen LogP contribution < -0.4 is 20.3 Å². The zero-order valence-electron chi connectivity index (χ0n) is 18.0. The minimum absolute atomic E-state index is 0.0335. The second kappa shape index (κ2) is 7.99. The van der Waals surface area contributed by atoms with E-state index in [2.05, 4.69) is 10.6 Å². The number of fused-ring (bicyclic) bond motifs is 1. The largest absolute Gasteiger partial charge is 0.477 e. The van der Waals surface area contributed by atoms with Crippen molar-refractivity contribution in [2.75, 3.05) is 25.0 Å². The van der Waals surface area contributed by atoms with Crippen molar-refractivity contribution in [2.45, 2.75) is 25.5 Å². The fourth-order valence-corrected chi connectivity index (χ4v) is 4.15. The van der Waals surface area contributed by atoms with Crippen LogP contribution in [0.3, 0.4) is 0 Å². The molecule has 0 spiro atoms.